The number of likely N-dealkylation sites (tertiary alicyclic amines) is 1. The molecule has 0 saturated carbocycles. The molecular weight excluding hydrogens is 509 g/mol. The number of halogens is 1. The van der Waals surface area contributed by atoms with Crippen molar-refractivity contribution in [2.75, 3.05) is 60.5 Å². The molecule has 1 amide bonds. The van der Waals surface area contributed by atoms with Crippen LogP contribution < -0.4 is 14.8 Å². The van der Waals surface area contributed by atoms with Crippen molar-refractivity contribution < 1.29 is 14.3 Å². The van der Waals surface area contributed by atoms with E-state index in [9.17, 15) is 4.79 Å². The number of nitrogens with one attached hydrogen (secondary N) is 1. The van der Waals surface area contributed by atoms with Gasteiger partial charge in [-0.2, -0.15) is 0 Å². The Balaban J connectivity index is 0.00000341. The summed E-state index contributed by atoms with van der Waals surface area (Å²) in [5, 5.41) is 3.44. The molecule has 1 N–H and O–H groups in total. The molecule has 2 fully saturated rings. The summed E-state index contributed by atoms with van der Waals surface area (Å²) >= 11 is 0. The highest BCUT2D eigenvalue weighted by molar-refractivity contribution is 14.0. The van der Waals surface area contributed by atoms with Gasteiger partial charge in [-0.15, -0.1) is 24.0 Å². The van der Waals surface area contributed by atoms with E-state index in [2.05, 4.69) is 20.1 Å². The van der Waals surface area contributed by atoms with Gasteiger partial charge in [-0.1, -0.05) is 0 Å². The average Bonchev–Trinajstić information content (AvgIpc) is 3.34. The maximum absolute atomic E-state index is 12.7. The van der Waals surface area contributed by atoms with Crippen LogP contribution in [0.1, 0.15) is 25.3 Å². The Kier molecular flexibility index (Phi) is 10.1. The number of carbonyl (C=O) groups is 1. The first kappa shape index (κ1) is 25.5. The molecular formula is C22H36IN5O3. The first-order valence-electron chi connectivity index (χ1n) is 10.8. The highest BCUT2D eigenvalue weighted by Gasteiger charge is 2.30. The number of nitrogens with zero attached hydrogens (tertiary/aromatic N) is 4. The van der Waals surface area contributed by atoms with Crippen LogP contribution in [0.25, 0.3) is 0 Å². The van der Waals surface area contributed by atoms with Crippen molar-refractivity contribution in [2.24, 2.45) is 4.99 Å². The van der Waals surface area contributed by atoms with E-state index in [1.165, 1.54) is 0 Å². The Hall–Kier alpha value is -1.75. The Morgan fingerprint density at radius 1 is 1.06 bits per heavy atom. The van der Waals surface area contributed by atoms with E-state index >= 15 is 0 Å². The number of benzene rings is 1. The molecule has 0 aliphatic carbocycles. The summed E-state index contributed by atoms with van der Waals surface area (Å²) in [6, 6.07) is 5.77. The third-order valence-corrected chi connectivity index (χ3v) is 6.08. The number of guanidine groups is 1. The Bertz CT molecular complexity index is 747. The molecule has 1 aromatic rings. The molecule has 174 valence electrons. The lowest BCUT2D eigenvalue weighted by molar-refractivity contribution is -0.135. The largest absolute Gasteiger partial charge is 0.497 e. The molecule has 1 atom stereocenters. The topological polar surface area (TPSA) is 69.6 Å². The van der Waals surface area contributed by atoms with E-state index < -0.39 is 0 Å². The number of hydrogen-bond donors (Lipinski definition) is 1. The van der Waals surface area contributed by atoms with E-state index in [0.29, 0.717) is 6.54 Å². The lowest BCUT2D eigenvalue weighted by Crippen LogP contribution is -2.57. The Morgan fingerprint density at radius 3 is 2.32 bits per heavy atom. The second kappa shape index (κ2) is 12.3. The normalized spacial score (nSPS) is 18.4. The monoisotopic (exact) mass is 545 g/mol. The van der Waals surface area contributed by atoms with Crippen LogP contribution in [0.2, 0.25) is 0 Å². The van der Waals surface area contributed by atoms with Gasteiger partial charge in [0.15, 0.2) is 5.96 Å². The lowest BCUT2D eigenvalue weighted by Gasteiger charge is -2.39. The molecule has 0 aromatic heterocycles. The number of aliphatic imine (C=N–C) groups is 1. The molecule has 3 rings (SSSR count). The zero-order valence-electron chi connectivity index (χ0n) is 19.1. The number of carbonyl (C=O) groups excluding carboxylic acids is 1. The fourth-order valence-corrected chi connectivity index (χ4v) is 4.18. The second-order valence-corrected chi connectivity index (χ2v) is 7.81. The fourth-order valence-electron chi connectivity index (χ4n) is 4.18. The standard InChI is InChI=1S/C22H35N5O3.HI/c1-17(21(28)26-9-5-6-10-26)25-11-13-27(14-12-25)22(23-2)24-16-18-7-8-19(29-3)15-20(18)30-4;/h7-8,15,17H,5-6,9-14,16H2,1-4H3,(H,23,24);1H. The molecule has 0 bridgehead atoms. The van der Waals surface area contributed by atoms with Crippen LogP contribution in [-0.4, -0.2) is 93.1 Å². The number of methoxy groups -OCH3 is 2. The summed E-state index contributed by atoms with van der Waals surface area (Å²) in [5.74, 6) is 2.70. The second-order valence-electron chi connectivity index (χ2n) is 7.81. The van der Waals surface area contributed by atoms with Gasteiger partial charge in [-0.05, 0) is 31.9 Å². The van der Waals surface area contributed by atoms with E-state index in [4.69, 9.17) is 9.47 Å². The molecule has 8 nitrogen and oxygen atoms in total. The predicted octanol–water partition coefficient (Wildman–Crippen LogP) is 2.03. The number of ether oxygens (including phenoxy) is 2. The summed E-state index contributed by atoms with van der Waals surface area (Å²) in [5.41, 5.74) is 1.04. The van der Waals surface area contributed by atoms with Crippen LogP contribution in [0.5, 0.6) is 11.5 Å². The van der Waals surface area contributed by atoms with Crippen molar-refractivity contribution in [3.63, 3.8) is 0 Å². The van der Waals surface area contributed by atoms with E-state index in [1.807, 2.05) is 30.0 Å². The molecule has 2 saturated heterocycles. The summed E-state index contributed by atoms with van der Waals surface area (Å²) < 4.78 is 10.8. The number of piperazine rings is 1. The maximum atomic E-state index is 12.7. The highest BCUT2D eigenvalue weighted by Crippen LogP contribution is 2.24. The van der Waals surface area contributed by atoms with Gasteiger partial charge in [0.1, 0.15) is 11.5 Å². The molecule has 0 radical (unpaired) electrons. The van der Waals surface area contributed by atoms with Crippen LogP contribution >= 0.6 is 24.0 Å². The fraction of sp³-hybridized carbons (Fsp3) is 0.636. The van der Waals surface area contributed by atoms with Gasteiger partial charge >= 0.3 is 0 Å². The molecule has 2 heterocycles. The number of hydrogen-bond acceptors (Lipinski definition) is 5. The predicted molar refractivity (Wildman–Crippen MR) is 134 cm³/mol. The van der Waals surface area contributed by atoms with Crippen molar-refractivity contribution in [3.8, 4) is 11.5 Å². The zero-order chi connectivity index (χ0) is 21.5. The molecule has 1 aromatic carbocycles. The van der Waals surface area contributed by atoms with Crippen LogP contribution in [0, 0.1) is 0 Å². The van der Waals surface area contributed by atoms with Gasteiger partial charge in [0, 0.05) is 64.5 Å². The van der Waals surface area contributed by atoms with Crippen molar-refractivity contribution in [1.29, 1.82) is 0 Å². The summed E-state index contributed by atoms with van der Waals surface area (Å²) in [7, 11) is 5.12. The molecule has 2 aliphatic rings. The van der Waals surface area contributed by atoms with Crippen LogP contribution in [0.3, 0.4) is 0 Å². The van der Waals surface area contributed by atoms with Gasteiger partial charge in [0.05, 0.1) is 20.3 Å². The molecule has 9 heteroatoms. The van der Waals surface area contributed by atoms with Gasteiger partial charge in [-0.25, -0.2) is 0 Å². The molecule has 31 heavy (non-hydrogen) atoms. The number of amides is 1. The van der Waals surface area contributed by atoms with E-state index in [1.54, 1.807) is 21.3 Å². The minimum absolute atomic E-state index is 0. The Morgan fingerprint density at radius 2 is 1.74 bits per heavy atom. The smallest absolute Gasteiger partial charge is 0.239 e. The number of rotatable bonds is 6. The van der Waals surface area contributed by atoms with E-state index in [0.717, 1.165) is 75.1 Å². The molecule has 0 spiro atoms. The minimum Gasteiger partial charge on any atom is -0.497 e. The Labute approximate surface area is 203 Å². The zero-order valence-corrected chi connectivity index (χ0v) is 21.4. The summed E-state index contributed by atoms with van der Waals surface area (Å²) in [6.07, 6.45) is 2.26. The SMILES string of the molecule is CN=C(NCc1ccc(OC)cc1OC)N1CCN(C(C)C(=O)N2CCCC2)CC1.I. The summed E-state index contributed by atoms with van der Waals surface area (Å²) in [4.78, 5) is 23.7. The third-order valence-electron chi connectivity index (χ3n) is 6.08. The van der Waals surface area contributed by atoms with Crippen molar-refractivity contribution >= 4 is 35.8 Å². The van der Waals surface area contributed by atoms with Crippen molar-refractivity contribution in [3.05, 3.63) is 23.8 Å². The molecule has 2 aliphatic heterocycles. The van der Waals surface area contributed by atoms with Gasteiger partial charge in [0.25, 0.3) is 0 Å². The van der Waals surface area contributed by atoms with Crippen LogP contribution in [0.15, 0.2) is 23.2 Å². The van der Waals surface area contributed by atoms with E-state index in [-0.39, 0.29) is 35.9 Å². The van der Waals surface area contributed by atoms with Gasteiger partial charge in [-0.3, -0.25) is 14.7 Å². The first-order chi connectivity index (χ1) is 14.6. The average molecular weight is 545 g/mol. The van der Waals surface area contributed by atoms with Crippen molar-refractivity contribution in [1.82, 2.24) is 20.0 Å². The molecule has 1 unspecified atom stereocenters. The highest BCUT2D eigenvalue weighted by atomic mass is 127. The summed E-state index contributed by atoms with van der Waals surface area (Å²) in [6.45, 7) is 7.88. The van der Waals surface area contributed by atoms with Crippen molar-refractivity contribution in [2.45, 2.75) is 32.4 Å². The van der Waals surface area contributed by atoms with Gasteiger partial charge in [0.2, 0.25) is 5.91 Å². The lowest BCUT2D eigenvalue weighted by atomic mass is 10.2. The van der Waals surface area contributed by atoms with Crippen LogP contribution in [0.4, 0.5) is 0 Å². The quantitative estimate of drug-likeness (QED) is 0.335. The van der Waals surface area contributed by atoms with Crippen LogP contribution in [-0.2, 0) is 11.3 Å². The maximum Gasteiger partial charge on any atom is 0.239 e. The first-order valence-corrected chi connectivity index (χ1v) is 10.8. The van der Waals surface area contributed by atoms with Gasteiger partial charge < -0.3 is 24.6 Å². The third kappa shape index (κ3) is 6.38. The minimum atomic E-state index is -0.0521.